The molecule has 1 N–H and O–H groups in total. The number of aromatic amines is 1. The largest absolute Gasteiger partial charge is 0.322 e. The lowest BCUT2D eigenvalue weighted by Crippen LogP contribution is -2.07. The zero-order valence-corrected chi connectivity index (χ0v) is 10.1. The highest BCUT2D eigenvalue weighted by Crippen LogP contribution is 2.18. The molecule has 0 atom stereocenters. The fraction of sp³-hybridized carbons (Fsp3) is 0.250. The molecule has 0 radical (unpaired) electrons. The summed E-state index contributed by atoms with van der Waals surface area (Å²) in [6.07, 6.45) is 0.879. The highest BCUT2D eigenvalue weighted by atomic mass is 79.9. The smallest absolute Gasteiger partial charge is 0.248 e. The number of fused-ring (bicyclic) bond motifs is 1. The molecule has 0 saturated heterocycles. The molecule has 15 heavy (non-hydrogen) atoms. The topological polar surface area (TPSA) is 32.9 Å². The molecule has 3 heteroatoms. The maximum atomic E-state index is 11.5. The summed E-state index contributed by atoms with van der Waals surface area (Å²) in [5, 5.41) is 2.02. The van der Waals surface area contributed by atoms with Gasteiger partial charge in [0, 0.05) is 16.8 Å². The SMILES string of the molecule is Cc1cccc2c(CCBr)cc(=O)[nH]c12. The third kappa shape index (κ3) is 1.97. The van der Waals surface area contributed by atoms with Gasteiger partial charge in [-0.25, -0.2) is 0 Å². The van der Waals surface area contributed by atoms with Gasteiger partial charge in [0.25, 0.3) is 0 Å². The maximum Gasteiger partial charge on any atom is 0.248 e. The number of alkyl halides is 1. The predicted octanol–water partition coefficient (Wildman–Crippen LogP) is 2.77. The predicted molar refractivity (Wildman–Crippen MR) is 66.8 cm³/mol. The van der Waals surface area contributed by atoms with Gasteiger partial charge < -0.3 is 4.98 Å². The van der Waals surface area contributed by atoms with E-state index in [-0.39, 0.29) is 5.56 Å². The summed E-state index contributed by atoms with van der Waals surface area (Å²) in [5.41, 5.74) is 3.16. The van der Waals surface area contributed by atoms with Crippen molar-refractivity contribution in [1.82, 2.24) is 4.98 Å². The van der Waals surface area contributed by atoms with E-state index in [9.17, 15) is 4.79 Å². The van der Waals surface area contributed by atoms with Gasteiger partial charge in [0.2, 0.25) is 5.56 Å². The molecule has 0 aliphatic heterocycles. The molecule has 0 aliphatic rings. The van der Waals surface area contributed by atoms with Crippen LogP contribution in [0.2, 0.25) is 0 Å². The quantitative estimate of drug-likeness (QED) is 0.833. The first-order chi connectivity index (χ1) is 7.22. The van der Waals surface area contributed by atoms with Crippen LogP contribution in [0.5, 0.6) is 0 Å². The van der Waals surface area contributed by atoms with Gasteiger partial charge in [-0.05, 0) is 24.5 Å². The molecule has 0 fully saturated rings. The van der Waals surface area contributed by atoms with Crippen LogP contribution in [0.25, 0.3) is 10.9 Å². The standard InChI is InChI=1S/C12H12BrNO/c1-8-3-2-4-10-9(5-6-13)7-11(15)14-12(8)10/h2-4,7H,5-6H2,1H3,(H,14,15). The fourth-order valence-corrected chi connectivity index (χ4v) is 2.23. The molecule has 0 spiro atoms. The minimum absolute atomic E-state index is 0.0206. The van der Waals surface area contributed by atoms with Crippen molar-refractivity contribution in [3.05, 3.63) is 45.7 Å². The number of rotatable bonds is 2. The number of benzene rings is 1. The molecule has 2 rings (SSSR count). The molecule has 78 valence electrons. The zero-order chi connectivity index (χ0) is 10.8. The summed E-state index contributed by atoms with van der Waals surface area (Å²) in [5.74, 6) is 0. The number of aromatic nitrogens is 1. The summed E-state index contributed by atoms with van der Waals surface area (Å²) >= 11 is 3.40. The van der Waals surface area contributed by atoms with Gasteiger partial charge >= 0.3 is 0 Å². The first-order valence-electron chi connectivity index (χ1n) is 4.90. The average Bonchev–Trinajstić information content (AvgIpc) is 2.20. The molecule has 0 unspecified atom stereocenters. The van der Waals surface area contributed by atoms with E-state index in [4.69, 9.17) is 0 Å². The van der Waals surface area contributed by atoms with E-state index >= 15 is 0 Å². The number of hydrogen-bond donors (Lipinski definition) is 1. The minimum Gasteiger partial charge on any atom is -0.322 e. The number of H-pyrrole nitrogens is 1. The Hall–Kier alpha value is -1.09. The summed E-state index contributed by atoms with van der Waals surface area (Å²) in [7, 11) is 0. The highest BCUT2D eigenvalue weighted by Gasteiger charge is 2.04. The van der Waals surface area contributed by atoms with Crippen molar-refractivity contribution in [1.29, 1.82) is 0 Å². The Bertz CT molecular complexity index is 545. The molecule has 0 aliphatic carbocycles. The lowest BCUT2D eigenvalue weighted by atomic mass is 10.0. The van der Waals surface area contributed by atoms with Crippen LogP contribution in [0.3, 0.4) is 0 Å². The molecular formula is C12H12BrNO. The van der Waals surface area contributed by atoms with Crippen molar-refractivity contribution in [3.63, 3.8) is 0 Å². The average molecular weight is 266 g/mol. The Morgan fingerprint density at radius 3 is 2.93 bits per heavy atom. The maximum absolute atomic E-state index is 11.5. The fourth-order valence-electron chi connectivity index (χ4n) is 1.81. The summed E-state index contributed by atoms with van der Waals surface area (Å²) in [6.45, 7) is 2.01. The number of para-hydroxylation sites is 1. The summed E-state index contributed by atoms with van der Waals surface area (Å²) < 4.78 is 0. The number of hydrogen-bond acceptors (Lipinski definition) is 1. The van der Waals surface area contributed by atoms with Gasteiger partial charge in [0.15, 0.2) is 0 Å². The third-order valence-corrected chi connectivity index (χ3v) is 2.93. The summed E-state index contributed by atoms with van der Waals surface area (Å²) in [6, 6.07) is 7.77. The van der Waals surface area contributed by atoms with E-state index in [0.29, 0.717) is 0 Å². The van der Waals surface area contributed by atoms with E-state index in [1.807, 2.05) is 19.1 Å². The van der Waals surface area contributed by atoms with Crippen LogP contribution in [0.4, 0.5) is 0 Å². The van der Waals surface area contributed by atoms with Crippen LogP contribution in [0.15, 0.2) is 29.1 Å². The molecule has 2 aromatic rings. The van der Waals surface area contributed by atoms with E-state index in [0.717, 1.165) is 33.8 Å². The van der Waals surface area contributed by atoms with Crippen LogP contribution in [0, 0.1) is 6.92 Å². The van der Waals surface area contributed by atoms with E-state index in [1.165, 1.54) is 0 Å². The van der Waals surface area contributed by atoms with Gasteiger partial charge in [0.1, 0.15) is 0 Å². The van der Waals surface area contributed by atoms with Crippen molar-refractivity contribution in [3.8, 4) is 0 Å². The summed E-state index contributed by atoms with van der Waals surface area (Å²) in [4.78, 5) is 14.3. The highest BCUT2D eigenvalue weighted by molar-refractivity contribution is 9.09. The molecule has 1 heterocycles. The number of halogens is 1. The lowest BCUT2D eigenvalue weighted by Gasteiger charge is -2.06. The second kappa shape index (κ2) is 4.19. The molecule has 0 bridgehead atoms. The van der Waals surface area contributed by atoms with Crippen LogP contribution >= 0.6 is 15.9 Å². The van der Waals surface area contributed by atoms with E-state index < -0.39 is 0 Å². The Balaban J connectivity index is 2.80. The van der Waals surface area contributed by atoms with E-state index in [2.05, 4.69) is 27.0 Å². The van der Waals surface area contributed by atoms with Gasteiger partial charge in [-0.1, -0.05) is 34.1 Å². The van der Waals surface area contributed by atoms with Crippen LogP contribution in [0.1, 0.15) is 11.1 Å². The Kier molecular flexibility index (Phi) is 2.91. The third-order valence-electron chi connectivity index (χ3n) is 2.54. The first-order valence-corrected chi connectivity index (χ1v) is 6.02. The monoisotopic (exact) mass is 265 g/mol. The number of aryl methyl sites for hydroxylation is 2. The Morgan fingerprint density at radius 2 is 2.20 bits per heavy atom. The number of pyridine rings is 1. The molecule has 0 amide bonds. The first kappa shape index (κ1) is 10.4. The molecule has 1 aromatic carbocycles. The van der Waals surface area contributed by atoms with Crippen molar-refractivity contribution < 1.29 is 0 Å². The normalized spacial score (nSPS) is 10.8. The number of nitrogens with one attached hydrogen (secondary N) is 1. The van der Waals surface area contributed by atoms with Crippen LogP contribution in [-0.2, 0) is 6.42 Å². The van der Waals surface area contributed by atoms with Crippen LogP contribution in [-0.4, -0.2) is 10.3 Å². The molecule has 1 aromatic heterocycles. The van der Waals surface area contributed by atoms with Gasteiger partial charge in [-0.3, -0.25) is 4.79 Å². The van der Waals surface area contributed by atoms with Crippen molar-refractivity contribution in [2.45, 2.75) is 13.3 Å². The molecular weight excluding hydrogens is 254 g/mol. The van der Waals surface area contributed by atoms with Gasteiger partial charge in [0.05, 0.1) is 5.52 Å². The minimum atomic E-state index is -0.0206. The van der Waals surface area contributed by atoms with Crippen molar-refractivity contribution in [2.75, 3.05) is 5.33 Å². The zero-order valence-electron chi connectivity index (χ0n) is 8.51. The van der Waals surface area contributed by atoms with E-state index in [1.54, 1.807) is 6.07 Å². The van der Waals surface area contributed by atoms with Gasteiger partial charge in [-0.2, -0.15) is 0 Å². The van der Waals surface area contributed by atoms with Crippen LogP contribution < -0.4 is 5.56 Å². The van der Waals surface area contributed by atoms with Crippen molar-refractivity contribution in [2.24, 2.45) is 0 Å². The lowest BCUT2D eigenvalue weighted by molar-refractivity contribution is 1.15. The van der Waals surface area contributed by atoms with Crippen molar-refractivity contribution >= 4 is 26.8 Å². The molecule has 0 saturated carbocycles. The second-order valence-electron chi connectivity index (χ2n) is 3.60. The second-order valence-corrected chi connectivity index (χ2v) is 4.39. The molecule has 2 nitrogen and oxygen atoms in total. The Morgan fingerprint density at radius 1 is 1.40 bits per heavy atom. The Labute approximate surface area is 96.5 Å². The van der Waals surface area contributed by atoms with Gasteiger partial charge in [-0.15, -0.1) is 0 Å².